The van der Waals surface area contributed by atoms with E-state index >= 15 is 0 Å². The van der Waals surface area contributed by atoms with Crippen molar-refractivity contribution in [3.05, 3.63) is 29.1 Å². The Morgan fingerprint density at radius 2 is 1.96 bits per heavy atom. The molecule has 1 saturated heterocycles. The number of rotatable bonds is 5. The van der Waals surface area contributed by atoms with Gasteiger partial charge in [0.25, 0.3) is 0 Å². The minimum atomic E-state index is -1.08. The smallest absolute Gasteiger partial charge is 0.331 e. The molecule has 0 unspecified atom stereocenters. The number of carbonyl (C=O) groups excluding carboxylic acids is 2. The molecule has 0 bridgehead atoms. The number of benzene rings is 1. The van der Waals surface area contributed by atoms with Crippen LogP contribution in [0.5, 0.6) is 0 Å². The topological polar surface area (TPSA) is 67.9 Å². The highest BCUT2D eigenvalue weighted by molar-refractivity contribution is 6.32. The Morgan fingerprint density at radius 1 is 1.32 bits per heavy atom. The van der Waals surface area contributed by atoms with Crippen LogP contribution in [0, 0.1) is 12.7 Å². The first-order valence-corrected chi connectivity index (χ1v) is 8.04. The molecule has 1 heterocycles. The van der Waals surface area contributed by atoms with Gasteiger partial charge in [0.05, 0.1) is 20.6 Å². The van der Waals surface area contributed by atoms with E-state index in [1.54, 1.807) is 19.1 Å². The summed E-state index contributed by atoms with van der Waals surface area (Å²) in [5.41, 5.74) is 0.152. The van der Waals surface area contributed by atoms with Crippen LogP contribution in [0.25, 0.3) is 0 Å². The van der Waals surface area contributed by atoms with E-state index in [2.05, 4.69) is 5.32 Å². The van der Waals surface area contributed by atoms with Crippen LogP contribution in [0.1, 0.15) is 24.0 Å². The maximum absolute atomic E-state index is 13.4. The molecule has 8 heteroatoms. The third-order valence-electron chi connectivity index (χ3n) is 4.60. The number of nitrogens with one attached hydrogen (secondary N) is 1. The van der Waals surface area contributed by atoms with Gasteiger partial charge < -0.3 is 14.9 Å². The normalized spacial score (nSPS) is 17.1. The van der Waals surface area contributed by atoms with Crippen molar-refractivity contribution in [3.63, 3.8) is 0 Å². The summed E-state index contributed by atoms with van der Waals surface area (Å²) < 4.78 is 18.3. The Hall–Kier alpha value is -1.93. The second kappa shape index (κ2) is 7.97. The Balaban J connectivity index is 2.13. The molecule has 0 aromatic heterocycles. The second-order valence-electron chi connectivity index (χ2n) is 6.21. The van der Waals surface area contributed by atoms with Gasteiger partial charge in [-0.2, -0.15) is 5.06 Å². The van der Waals surface area contributed by atoms with E-state index in [9.17, 15) is 14.0 Å². The summed E-state index contributed by atoms with van der Waals surface area (Å²) in [5.74, 6) is -1.34. The van der Waals surface area contributed by atoms with Gasteiger partial charge in [0.1, 0.15) is 19.2 Å². The summed E-state index contributed by atoms with van der Waals surface area (Å²) in [4.78, 5) is 29.9. The van der Waals surface area contributed by atoms with Crippen molar-refractivity contribution in [2.24, 2.45) is 0 Å². The Morgan fingerprint density at radius 3 is 2.52 bits per heavy atom. The second-order valence-corrected chi connectivity index (χ2v) is 6.21. The van der Waals surface area contributed by atoms with Gasteiger partial charge in [-0.05, 0) is 37.0 Å². The lowest BCUT2D eigenvalue weighted by Crippen LogP contribution is -2.60. The predicted molar refractivity (Wildman–Crippen MR) is 90.9 cm³/mol. The molecule has 0 spiro atoms. The molecule has 1 N–H and O–H groups in total. The molecule has 25 heavy (non-hydrogen) atoms. The van der Waals surface area contributed by atoms with E-state index in [0.717, 1.165) is 0 Å². The molecule has 1 aliphatic rings. The molecule has 2 rings (SSSR count). The molecule has 1 aliphatic heterocycles. The molecule has 2 radical (unpaired) electrons. The minimum absolute atomic E-state index is 0.00303. The van der Waals surface area contributed by atoms with Crippen LogP contribution in [0.3, 0.4) is 0 Å². The monoisotopic (exact) mass is 348 g/mol. The number of hydrogen-bond donors (Lipinski definition) is 1. The highest BCUT2D eigenvalue weighted by atomic mass is 19.1. The molecular formula is C17H22BFN2O4. The fraction of sp³-hybridized carbons (Fsp3) is 0.529. The van der Waals surface area contributed by atoms with E-state index in [-0.39, 0.29) is 17.8 Å². The molecule has 0 aliphatic carbocycles. The number of hydrogen-bond acceptors (Lipinski definition) is 5. The molecule has 6 nitrogen and oxygen atoms in total. The Bertz CT molecular complexity index is 660. The first-order valence-electron chi connectivity index (χ1n) is 8.04. The number of nitrogens with zero attached hydrogens (tertiary/aromatic N) is 1. The fourth-order valence-electron chi connectivity index (χ4n) is 3.04. The Labute approximate surface area is 148 Å². The lowest BCUT2D eigenvalue weighted by molar-refractivity contribution is -0.171. The SMILES string of the molecule is [B]c1cc(CC(=O)NC2(C(=O)OC)CCN(OC)CC2)c(C)cc1F. The standard InChI is InChI=1S/C17H22BFN2O4/c1-11-8-14(19)13(18)9-12(11)10-15(22)20-17(16(23)24-2)4-6-21(25-3)7-5-17/h8-9H,4-7,10H2,1-3H3,(H,20,22). The summed E-state index contributed by atoms with van der Waals surface area (Å²) in [5, 5.41) is 4.53. The van der Waals surface area contributed by atoms with Gasteiger partial charge in [0.15, 0.2) is 0 Å². The zero-order valence-electron chi connectivity index (χ0n) is 14.7. The van der Waals surface area contributed by atoms with Crippen LogP contribution in [-0.4, -0.2) is 57.6 Å². The van der Waals surface area contributed by atoms with Gasteiger partial charge in [0.2, 0.25) is 5.91 Å². The van der Waals surface area contributed by atoms with E-state index in [4.69, 9.17) is 17.4 Å². The molecule has 0 saturated carbocycles. The number of halogens is 1. The van der Waals surface area contributed by atoms with Crippen molar-refractivity contribution in [1.82, 2.24) is 10.4 Å². The number of esters is 1. The van der Waals surface area contributed by atoms with Gasteiger partial charge in [-0.25, -0.2) is 9.18 Å². The molecule has 0 atom stereocenters. The zero-order valence-corrected chi connectivity index (χ0v) is 14.7. The lowest BCUT2D eigenvalue weighted by Gasteiger charge is -2.39. The van der Waals surface area contributed by atoms with Crippen molar-refractivity contribution < 1.29 is 23.6 Å². The lowest BCUT2D eigenvalue weighted by atomic mass is 9.87. The minimum Gasteiger partial charge on any atom is -0.467 e. The van der Waals surface area contributed by atoms with Crippen LogP contribution in [0.15, 0.2) is 12.1 Å². The number of methoxy groups -OCH3 is 1. The van der Waals surface area contributed by atoms with Gasteiger partial charge in [-0.3, -0.25) is 4.79 Å². The molecule has 1 aromatic rings. The number of carbonyl (C=O) groups is 2. The fourth-order valence-corrected chi connectivity index (χ4v) is 3.04. The van der Waals surface area contributed by atoms with Crippen molar-refractivity contribution in [2.75, 3.05) is 27.3 Å². The average molecular weight is 348 g/mol. The highest BCUT2D eigenvalue weighted by Crippen LogP contribution is 2.24. The number of hydroxylamine groups is 2. The maximum atomic E-state index is 13.4. The highest BCUT2D eigenvalue weighted by Gasteiger charge is 2.43. The van der Waals surface area contributed by atoms with Crippen LogP contribution in [-0.2, 0) is 25.6 Å². The molecule has 134 valence electrons. The van der Waals surface area contributed by atoms with Crippen LogP contribution in [0.2, 0.25) is 0 Å². The number of piperidine rings is 1. The first kappa shape index (κ1) is 19.4. The molecular weight excluding hydrogens is 326 g/mol. The third kappa shape index (κ3) is 4.38. The number of aryl methyl sites for hydroxylation is 1. The summed E-state index contributed by atoms with van der Waals surface area (Å²) in [7, 11) is 8.43. The van der Waals surface area contributed by atoms with Crippen LogP contribution >= 0.6 is 0 Å². The Kier molecular flexibility index (Phi) is 6.18. The average Bonchev–Trinajstić information content (AvgIpc) is 2.59. The molecule has 1 amide bonds. The molecule has 1 fully saturated rings. The van der Waals surface area contributed by atoms with Crippen LogP contribution < -0.4 is 10.8 Å². The maximum Gasteiger partial charge on any atom is 0.331 e. The quantitative estimate of drug-likeness (QED) is 0.606. The van der Waals surface area contributed by atoms with Gasteiger partial charge in [-0.1, -0.05) is 11.5 Å². The van der Waals surface area contributed by atoms with Gasteiger partial charge >= 0.3 is 5.97 Å². The zero-order chi connectivity index (χ0) is 18.6. The van der Waals surface area contributed by atoms with Crippen molar-refractivity contribution in [3.8, 4) is 0 Å². The van der Waals surface area contributed by atoms with Gasteiger partial charge in [-0.15, -0.1) is 0 Å². The van der Waals surface area contributed by atoms with Gasteiger partial charge in [0, 0.05) is 13.1 Å². The largest absolute Gasteiger partial charge is 0.467 e. The number of amides is 1. The summed E-state index contributed by atoms with van der Waals surface area (Å²) >= 11 is 0. The third-order valence-corrected chi connectivity index (χ3v) is 4.60. The van der Waals surface area contributed by atoms with E-state index in [0.29, 0.717) is 37.1 Å². The van der Waals surface area contributed by atoms with Crippen molar-refractivity contribution in [2.45, 2.75) is 31.7 Å². The summed E-state index contributed by atoms with van der Waals surface area (Å²) in [6.45, 7) is 2.70. The van der Waals surface area contributed by atoms with E-state index in [1.807, 2.05) is 0 Å². The molecule has 1 aromatic carbocycles. The van der Waals surface area contributed by atoms with E-state index < -0.39 is 17.3 Å². The summed E-state index contributed by atoms with van der Waals surface area (Å²) in [6.07, 6.45) is 0.761. The van der Waals surface area contributed by atoms with Crippen molar-refractivity contribution >= 4 is 25.2 Å². The first-order chi connectivity index (χ1) is 11.8. The van der Waals surface area contributed by atoms with E-state index in [1.165, 1.54) is 19.2 Å². The predicted octanol–water partition coefficient (Wildman–Crippen LogP) is 0.156. The summed E-state index contributed by atoms with van der Waals surface area (Å²) in [6, 6.07) is 2.74. The van der Waals surface area contributed by atoms with Crippen molar-refractivity contribution in [1.29, 1.82) is 0 Å². The number of ether oxygens (including phenoxy) is 1. The van der Waals surface area contributed by atoms with Crippen LogP contribution in [0.4, 0.5) is 4.39 Å².